The molecular formula is C8H7Cl2NO2. The van der Waals surface area contributed by atoms with Crippen LogP contribution in [0.4, 0.5) is 5.69 Å². The minimum Gasteiger partial charge on any atom is -0.507 e. The number of benzene rings is 1. The number of nitrogens with two attached hydrogens (primary N) is 1. The monoisotopic (exact) mass is 219 g/mol. The molecule has 1 aromatic rings. The van der Waals surface area contributed by atoms with Gasteiger partial charge in [-0.2, -0.15) is 0 Å². The second kappa shape index (κ2) is 3.85. The fraction of sp³-hybridized carbons (Fsp3) is 0.125. The van der Waals surface area contributed by atoms with Gasteiger partial charge in [0, 0.05) is 0 Å². The third-order valence-electron chi connectivity index (χ3n) is 1.57. The van der Waals surface area contributed by atoms with Gasteiger partial charge in [-0.3, -0.25) is 4.79 Å². The first kappa shape index (κ1) is 10.2. The molecule has 3 nitrogen and oxygen atoms in total. The first-order valence-electron chi connectivity index (χ1n) is 3.44. The van der Waals surface area contributed by atoms with Gasteiger partial charge in [-0.1, -0.05) is 11.6 Å². The van der Waals surface area contributed by atoms with E-state index in [-0.39, 0.29) is 27.9 Å². The van der Waals surface area contributed by atoms with E-state index >= 15 is 0 Å². The number of anilines is 1. The van der Waals surface area contributed by atoms with Gasteiger partial charge >= 0.3 is 0 Å². The number of alkyl halides is 1. The normalized spacial score (nSPS) is 10.0. The van der Waals surface area contributed by atoms with Crippen molar-refractivity contribution < 1.29 is 9.90 Å². The summed E-state index contributed by atoms with van der Waals surface area (Å²) in [7, 11) is 0. The van der Waals surface area contributed by atoms with Gasteiger partial charge in [0.2, 0.25) is 0 Å². The fourth-order valence-corrected chi connectivity index (χ4v) is 1.23. The predicted molar refractivity (Wildman–Crippen MR) is 52.6 cm³/mol. The Morgan fingerprint density at radius 2 is 2.15 bits per heavy atom. The lowest BCUT2D eigenvalue weighted by molar-refractivity contribution is 0.101. The molecule has 1 rings (SSSR count). The number of ketones is 1. The van der Waals surface area contributed by atoms with Crippen molar-refractivity contribution in [1.29, 1.82) is 0 Å². The molecule has 5 heteroatoms. The maximum Gasteiger partial charge on any atom is 0.183 e. The van der Waals surface area contributed by atoms with E-state index in [1.807, 2.05) is 0 Å². The molecule has 0 aliphatic heterocycles. The molecule has 0 saturated carbocycles. The summed E-state index contributed by atoms with van der Waals surface area (Å²) in [5, 5.41) is 9.53. The summed E-state index contributed by atoms with van der Waals surface area (Å²) in [6.45, 7) is 0. The second-order valence-electron chi connectivity index (χ2n) is 2.41. The molecule has 1 aromatic carbocycles. The van der Waals surface area contributed by atoms with Crippen LogP contribution in [0.15, 0.2) is 12.1 Å². The van der Waals surface area contributed by atoms with Crippen molar-refractivity contribution in [3.8, 4) is 5.75 Å². The summed E-state index contributed by atoms with van der Waals surface area (Å²) in [5.41, 5.74) is 5.54. The molecule has 0 aromatic heterocycles. The van der Waals surface area contributed by atoms with E-state index in [1.165, 1.54) is 12.1 Å². The van der Waals surface area contributed by atoms with E-state index in [9.17, 15) is 9.90 Å². The molecule has 0 saturated heterocycles. The Hall–Kier alpha value is -0.930. The van der Waals surface area contributed by atoms with Crippen molar-refractivity contribution in [1.82, 2.24) is 0 Å². The zero-order valence-corrected chi connectivity index (χ0v) is 8.06. The van der Waals surface area contributed by atoms with E-state index < -0.39 is 5.78 Å². The Morgan fingerprint density at radius 3 is 2.69 bits per heavy atom. The number of phenols is 1. The lowest BCUT2D eigenvalue weighted by Crippen LogP contribution is -2.05. The van der Waals surface area contributed by atoms with Gasteiger partial charge in [0.15, 0.2) is 5.78 Å². The van der Waals surface area contributed by atoms with Crippen LogP contribution in [0.5, 0.6) is 5.75 Å². The summed E-state index contributed by atoms with van der Waals surface area (Å²) < 4.78 is 0. The molecule has 0 fully saturated rings. The maximum absolute atomic E-state index is 11.2. The van der Waals surface area contributed by atoms with Gasteiger partial charge in [-0.25, -0.2) is 0 Å². The van der Waals surface area contributed by atoms with Crippen LogP contribution >= 0.6 is 23.2 Å². The van der Waals surface area contributed by atoms with Gasteiger partial charge in [-0.15, -0.1) is 11.6 Å². The van der Waals surface area contributed by atoms with Crippen LogP contribution in [0.3, 0.4) is 0 Å². The summed E-state index contributed by atoms with van der Waals surface area (Å²) in [6, 6.07) is 2.72. The molecule has 0 amide bonds. The van der Waals surface area contributed by atoms with E-state index in [2.05, 4.69) is 0 Å². The Kier molecular flexibility index (Phi) is 3.01. The third kappa shape index (κ3) is 1.87. The van der Waals surface area contributed by atoms with Crippen molar-refractivity contribution >= 4 is 34.7 Å². The molecular weight excluding hydrogens is 213 g/mol. The summed E-state index contributed by atoms with van der Waals surface area (Å²) >= 11 is 11.0. The molecule has 0 atom stereocenters. The molecule has 0 bridgehead atoms. The Bertz CT molecular complexity index is 352. The molecule has 0 radical (unpaired) electrons. The second-order valence-corrected chi connectivity index (χ2v) is 3.09. The van der Waals surface area contributed by atoms with Gasteiger partial charge in [0.05, 0.1) is 22.2 Å². The molecule has 3 N–H and O–H groups in total. The highest BCUT2D eigenvalue weighted by Crippen LogP contribution is 2.30. The van der Waals surface area contributed by atoms with Gasteiger partial charge in [0.25, 0.3) is 0 Å². The fourth-order valence-electron chi connectivity index (χ4n) is 0.942. The zero-order valence-electron chi connectivity index (χ0n) is 6.55. The van der Waals surface area contributed by atoms with Crippen LogP contribution in [0, 0.1) is 0 Å². The number of carbonyl (C=O) groups excluding carboxylic acids is 1. The standard InChI is InChI=1S/C8H7Cl2NO2/c9-3-6(13)7-5(12)2-1-4(10)8(7)11/h1-2,12H,3,11H2. The van der Waals surface area contributed by atoms with Gasteiger partial charge < -0.3 is 10.8 Å². The maximum atomic E-state index is 11.2. The van der Waals surface area contributed by atoms with Crippen molar-refractivity contribution in [2.75, 3.05) is 11.6 Å². The minimum absolute atomic E-state index is 0.0116. The van der Waals surface area contributed by atoms with Crippen molar-refractivity contribution in [3.63, 3.8) is 0 Å². The average Bonchev–Trinajstić information content (AvgIpc) is 2.12. The van der Waals surface area contributed by atoms with E-state index in [0.717, 1.165) is 0 Å². The van der Waals surface area contributed by atoms with E-state index in [4.69, 9.17) is 28.9 Å². The molecule has 70 valence electrons. The molecule has 0 spiro atoms. The molecule has 0 heterocycles. The van der Waals surface area contributed by atoms with Crippen LogP contribution in [0.2, 0.25) is 5.02 Å². The quantitative estimate of drug-likeness (QED) is 0.455. The highest BCUT2D eigenvalue weighted by atomic mass is 35.5. The number of hydrogen-bond acceptors (Lipinski definition) is 3. The van der Waals surface area contributed by atoms with Gasteiger partial charge in [-0.05, 0) is 12.1 Å². The molecule has 0 aliphatic carbocycles. The summed E-state index contributed by atoms with van der Waals surface area (Å²) in [6.07, 6.45) is 0. The lowest BCUT2D eigenvalue weighted by atomic mass is 10.1. The first-order chi connectivity index (χ1) is 6.07. The lowest BCUT2D eigenvalue weighted by Gasteiger charge is -2.06. The number of carbonyl (C=O) groups is 1. The van der Waals surface area contributed by atoms with E-state index in [1.54, 1.807) is 0 Å². The van der Waals surface area contributed by atoms with E-state index in [0.29, 0.717) is 0 Å². The molecule has 13 heavy (non-hydrogen) atoms. The summed E-state index contributed by atoms with van der Waals surface area (Å²) in [5.74, 6) is -0.885. The number of rotatable bonds is 2. The Morgan fingerprint density at radius 1 is 1.54 bits per heavy atom. The van der Waals surface area contributed by atoms with Crippen molar-refractivity contribution in [3.05, 3.63) is 22.7 Å². The van der Waals surface area contributed by atoms with Crippen LogP contribution < -0.4 is 5.73 Å². The number of hydrogen-bond donors (Lipinski definition) is 2. The predicted octanol–water partition coefficient (Wildman–Crippen LogP) is 2.05. The third-order valence-corrected chi connectivity index (χ3v) is 2.14. The SMILES string of the molecule is Nc1c(Cl)ccc(O)c1C(=O)CCl. The van der Waals surface area contributed by atoms with Gasteiger partial charge in [0.1, 0.15) is 5.75 Å². The number of halogens is 2. The van der Waals surface area contributed by atoms with Crippen molar-refractivity contribution in [2.45, 2.75) is 0 Å². The Labute approximate surface area is 85.1 Å². The zero-order chi connectivity index (χ0) is 10.0. The number of Topliss-reactive ketones (excluding diaryl/α,β-unsaturated/α-hetero) is 1. The molecule has 0 aliphatic rings. The first-order valence-corrected chi connectivity index (χ1v) is 4.35. The topological polar surface area (TPSA) is 63.3 Å². The average molecular weight is 220 g/mol. The number of nitrogen functional groups attached to an aromatic ring is 1. The van der Waals surface area contributed by atoms with Crippen LogP contribution in [0.1, 0.15) is 10.4 Å². The van der Waals surface area contributed by atoms with Crippen LogP contribution in [0.25, 0.3) is 0 Å². The minimum atomic E-state index is -0.445. The van der Waals surface area contributed by atoms with Crippen molar-refractivity contribution in [2.24, 2.45) is 0 Å². The smallest absolute Gasteiger partial charge is 0.183 e. The highest BCUT2D eigenvalue weighted by Gasteiger charge is 2.15. The summed E-state index contributed by atoms with van der Waals surface area (Å²) in [4.78, 5) is 11.2. The largest absolute Gasteiger partial charge is 0.507 e. The molecule has 0 unspecified atom stereocenters. The number of phenolic OH excluding ortho intramolecular Hbond substituents is 1. The van der Waals surface area contributed by atoms with Crippen LogP contribution in [-0.4, -0.2) is 16.8 Å². The van der Waals surface area contributed by atoms with Crippen LogP contribution in [-0.2, 0) is 0 Å². The Balaban J connectivity index is 3.33. The highest BCUT2D eigenvalue weighted by molar-refractivity contribution is 6.36. The number of aromatic hydroxyl groups is 1.